The van der Waals surface area contributed by atoms with E-state index < -0.39 is 6.10 Å². The molecule has 0 aliphatic rings. The molecule has 0 radical (unpaired) electrons. The van der Waals surface area contributed by atoms with Gasteiger partial charge in [0, 0.05) is 0 Å². The van der Waals surface area contributed by atoms with Gasteiger partial charge in [0.25, 0.3) is 0 Å². The number of hydrogen-bond donors (Lipinski definition) is 2. The zero-order valence-electron chi connectivity index (χ0n) is 6.70. The number of benzene rings is 1. The molecule has 0 fully saturated rings. The molecule has 0 heterocycles. The Bertz CT molecular complexity index is 208. The zero-order chi connectivity index (χ0) is 8.27. The Balaban J connectivity index is 2.77. The summed E-state index contributed by atoms with van der Waals surface area (Å²) >= 11 is 0. The molecule has 2 nitrogen and oxygen atoms in total. The van der Waals surface area contributed by atoms with Gasteiger partial charge in [-0.1, -0.05) is 30.3 Å². The van der Waals surface area contributed by atoms with Crippen molar-refractivity contribution in [1.29, 1.82) is 0 Å². The van der Waals surface area contributed by atoms with Crippen LogP contribution >= 0.6 is 0 Å². The summed E-state index contributed by atoms with van der Waals surface area (Å²) in [7, 11) is 0. The van der Waals surface area contributed by atoms with Gasteiger partial charge in [-0.3, -0.25) is 0 Å². The Morgan fingerprint density at radius 2 is 1.82 bits per heavy atom. The highest BCUT2D eigenvalue weighted by atomic mass is 16.3. The number of aliphatic hydroxyl groups is 1. The average molecular weight is 152 g/mol. The van der Waals surface area contributed by atoms with Gasteiger partial charge in [0.1, 0.15) is 12.1 Å². The van der Waals surface area contributed by atoms with E-state index in [0.29, 0.717) is 0 Å². The van der Waals surface area contributed by atoms with Crippen molar-refractivity contribution >= 4 is 0 Å². The Labute approximate surface area is 66.7 Å². The third kappa shape index (κ3) is 2.03. The number of hydrogen-bond acceptors (Lipinski definition) is 1. The summed E-state index contributed by atoms with van der Waals surface area (Å²) in [6.45, 7) is 1.90. The largest absolute Gasteiger partial charge is 0.382 e. The molecule has 2 atom stereocenters. The first-order valence-corrected chi connectivity index (χ1v) is 3.78. The van der Waals surface area contributed by atoms with E-state index in [0.717, 1.165) is 5.56 Å². The third-order valence-electron chi connectivity index (χ3n) is 1.68. The van der Waals surface area contributed by atoms with Gasteiger partial charge in [0.2, 0.25) is 0 Å². The topological polar surface area (TPSA) is 47.9 Å². The second-order valence-corrected chi connectivity index (χ2v) is 2.83. The van der Waals surface area contributed by atoms with Crippen molar-refractivity contribution in [2.75, 3.05) is 0 Å². The third-order valence-corrected chi connectivity index (χ3v) is 1.68. The molecular formula is C9H14NO+. The number of quaternary nitrogens is 1. The summed E-state index contributed by atoms with van der Waals surface area (Å²) in [6.07, 6.45) is -0.434. The number of rotatable bonds is 2. The molecule has 1 aromatic rings. The van der Waals surface area contributed by atoms with E-state index in [1.54, 1.807) is 0 Å². The van der Waals surface area contributed by atoms with Crippen LogP contribution in [0.3, 0.4) is 0 Å². The van der Waals surface area contributed by atoms with Crippen LogP contribution in [0.2, 0.25) is 0 Å². The van der Waals surface area contributed by atoms with Gasteiger partial charge in [-0.25, -0.2) is 0 Å². The van der Waals surface area contributed by atoms with Crippen LogP contribution in [0.1, 0.15) is 18.6 Å². The van der Waals surface area contributed by atoms with E-state index in [-0.39, 0.29) is 6.04 Å². The minimum absolute atomic E-state index is 0.0393. The van der Waals surface area contributed by atoms with Crippen molar-refractivity contribution < 1.29 is 10.8 Å². The normalized spacial score (nSPS) is 15.9. The lowest BCUT2D eigenvalue weighted by atomic mass is 10.0. The van der Waals surface area contributed by atoms with Gasteiger partial charge in [-0.05, 0) is 12.5 Å². The summed E-state index contributed by atoms with van der Waals surface area (Å²) < 4.78 is 0. The molecule has 0 saturated heterocycles. The van der Waals surface area contributed by atoms with E-state index in [9.17, 15) is 5.11 Å². The molecule has 0 aliphatic heterocycles. The molecule has 0 saturated carbocycles. The monoisotopic (exact) mass is 152 g/mol. The summed E-state index contributed by atoms with van der Waals surface area (Å²) in [5, 5.41) is 9.54. The van der Waals surface area contributed by atoms with Crippen molar-refractivity contribution in [2.24, 2.45) is 0 Å². The van der Waals surface area contributed by atoms with E-state index in [2.05, 4.69) is 5.73 Å². The van der Waals surface area contributed by atoms with Crippen molar-refractivity contribution in [3.8, 4) is 0 Å². The molecular weight excluding hydrogens is 138 g/mol. The quantitative estimate of drug-likeness (QED) is 0.631. The molecule has 0 spiro atoms. The molecule has 0 bridgehead atoms. The predicted molar refractivity (Wildman–Crippen MR) is 43.8 cm³/mol. The lowest BCUT2D eigenvalue weighted by Gasteiger charge is -2.11. The number of aliphatic hydroxyl groups excluding tert-OH is 1. The first-order chi connectivity index (χ1) is 5.22. The maximum absolute atomic E-state index is 9.54. The van der Waals surface area contributed by atoms with Crippen LogP contribution in [0.15, 0.2) is 30.3 Å². The highest BCUT2D eigenvalue weighted by molar-refractivity contribution is 5.17. The second-order valence-electron chi connectivity index (χ2n) is 2.83. The highest BCUT2D eigenvalue weighted by Crippen LogP contribution is 2.12. The maximum atomic E-state index is 9.54. The van der Waals surface area contributed by atoms with Crippen molar-refractivity contribution in [3.63, 3.8) is 0 Å². The van der Waals surface area contributed by atoms with Gasteiger partial charge in [-0.15, -0.1) is 0 Å². The average Bonchev–Trinajstić information content (AvgIpc) is 2.05. The Hall–Kier alpha value is -0.860. The molecule has 0 amide bonds. The fourth-order valence-electron chi connectivity index (χ4n) is 0.979. The zero-order valence-corrected chi connectivity index (χ0v) is 6.70. The van der Waals surface area contributed by atoms with Gasteiger partial charge >= 0.3 is 0 Å². The molecule has 2 heteroatoms. The molecule has 1 aromatic carbocycles. The second kappa shape index (κ2) is 3.51. The Morgan fingerprint density at radius 1 is 1.27 bits per heavy atom. The van der Waals surface area contributed by atoms with Gasteiger partial charge in [0.05, 0.1) is 0 Å². The van der Waals surface area contributed by atoms with Crippen LogP contribution in [0.25, 0.3) is 0 Å². The van der Waals surface area contributed by atoms with Crippen LogP contribution in [0.4, 0.5) is 0 Å². The van der Waals surface area contributed by atoms with Gasteiger partial charge < -0.3 is 10.8 Å². The SMILES string of the molecule is C[C@H]([NH3+])C(O)c1ccccc1. The summed E-state index contributed by atoms with van der Waals surface area (Å²) in [4.78, 5) is 0. The van der Waals surface area contributed by atoms with Crippen LogP contribution in [0, 0.1) is 0 Å². The molecule has 4 N–H and O–H groups in total. The summed E-state index contributed by atoms with van der Waals surface area (Å²) in [6, 6.07) is 9.63. The minimum atomic E-state index is -0.434. The fraction of sp³-hybridized carbons (Fsp3) is 0.333. The minimum Gasteiger partial charge on any atom is -0.382 e. The summed E-state index contributed by atoms with van der Waals surface area (Å²) in [5.41, 5.74) is 4.70. The van der Waals surface area contributed by atoms with Gasteiger partial charge in [-0.2, -0.15) is 0 Å². The van der Waals surface area contributed by atoms with E-state index in [1.165, 1.54) is 0 Å². The molecule has 0 aromatic heterocycles. The first-order valence-electron chi connectivity index (χ1n) is 3.78. The molecule has 11 heavy (non-hydrogen) atoms. The van der Waals surface area contributed by atoms with Crippen molar-refractivity contribution in [1.82, 2.24) is 0 Å². The highest BCUT2D eigenvalue weighted by Gasteiger charge is 2.13. The Morgan fingerprint density at radius 3 is 2.27 bits per heavy atom. The molecule has 1 unspecified atom stereocenters. The first kappa shape index (κ1) is 8.24. The molecule has 0 aliphatic carbocycles. The Kier molecular flexibility index (Phi) is 2.63. The van der Waals surface area contributed by atoms with E-state index in [1.807, 2.05) is 37.3 Å². The smallest absolute Gasteiger partial charge is 0.130 e. The fourth-order valence-corrected chi connectivity index (χ4v) is 0.979. The van der Waals surface area contributed by atoms with Crippen LogP contribution in [-0.2, 0) is 0 Å². The maximum Gasteiger partial charge on any atom is 0.130 e. The van der Waals surface area contributed by atoms with Crippen LogP contribution < -0.4 is 5.73 Å². The van der Waals surface area contributed by atoms with Crippen molar-refractivity contribution in [2.45, 2.75) is 19.1 Å². The van der Waals surface area contributed by atoms with Crippen molar-refractivity contribution in [3.05, 3.63) is 35.9 Å². The van der Waals surface area contributed by atoms with Gasteiger partial charge in [0.15, 0.2) is 0 Å². The van der Waals surface area contributed by atoms with E-state index >= 15 is 0 Å². The lowest BCUT2D eigenvalue weighted by Crippen LogP contribution is -2.61. The van der Waals surface area contributed by atoms with Crippen LogP contribution in [0.5, 0.6) is 0 Å². The summed E-state index contributed by atoms with van der Waals surface area (Å²) in [5.74, 6) is 0. The lowest BCUT2D eigenvalue weighted by molar-refractivity contribution is -0.433. The standard InChI is InChI=1S/C9H13NO/c1-7(10)9(11)8-5-3-2-4-6-8/h2-7,9,11H,10H2,1H3/p+1/t7-,9?/m0/s1. The predicted octanol–water partition coefficient (Wildman–Crippen LogP) is 0.350. The molecule has 60 valence electrons. The molecule has 1 rings (SSSR count). The van der Waals surface area contributed by atoms with E-state index in [4.69, 9.17) is 0 Å². The van der Waals surface area contributed by atoms with Crippen LogP contribution in [-0.4, -0.2) is 11.1 Å².